The van der Waals surface area contributed by atoms with Crippen LogP contribution >= 0.6 is 0 Å². The number of aliphatic hydroxyl groups is 1. The van der Waals surface area contributed by atoms with Crippen LogP contribution in [0, 0.1) is 5.92 Å². The molecule has 6 nitrogen and oxygen atoms in total. The predicted octanol–water partition coefficient (Wildman–Crippen LogP) is 1.83. The maximum atomic E-state index is 12.7. The first-order valence-electron chi connectivity index (χ1n) is 8.11. The monoisotopic (exact) mass is 355 g/mol. The maximum absolute atomic E-state index is 12.7. The van der Waals surface area contributed by atoms with Gasteiger partial charge in [0.25, 0.3) is 0 Å². The van der Waals surface area contributed by atoms with Gasteiger partial charge in [-0.1, -0.05) is 32.9 Å². The third-order valence-electron chi connectivity index (χ3n) is 5.02. The molecule has 1 aromatic carbocycles. The van der Waals surface area contributed by atoms with Crippen molar-refractivity contribution in [2.45, 2.75) is 50.0 Å². The first-order chi connectivity index (χ1) is 11.1. The Morgan fingerprint density at radius 1 is 1.29 bits per heavy atom. The number of rotatable bonds is 5. The van der Waals surface area contributed by atoms with Gasteiger partial charge in [0.1, 0.15) is 0 Å². The van der Waals surface area contributed by atoms with E-state index < -0.39 is 28.0 Å². The average molecular weight is 355 g/mol. The van der Waals surface area contributed by atoms with Crippen LogP contribution in [-0.2, 0) is 20.2 Å². The van der Waals surface area contributed by atoms with Crippen molar-refractivity contribution in [1.82, 2.24) is 4.31 Å². The molecule has 1 aliphatic rings. The number of hydrogen-bond acceptors (Lipinski definition) is 4. The SMILES string of the molecule is CCC(C)(C)c1ccc(S(=O)(=O)N2CC[C@H](C(=O)O)[C@H](O)C2)cc1. The fourth-order valence-electron chi connectivity index (χ4n) is 2.84. The predicted molar refractivity (Wildman–Crippen MR) is 90.3 cm³/mol. The Morgan fingerprint density at radius 2 is 1.88 bits per heavy atom. The molecule has 0 spiro atoms. The Labute approximate surface area is 143 Å². The molecule has 0 aliphatic carbocycles. The zero-order valence-electron chi connectivity index (χ0n) is 14.3. The van der Waals surface area contributed by atoms with E-state index in [0.29, 0.717) is 0 Å². The van der Waals surface area contributed by atoms with Gasteiger partial charge in [-0.05, 0) is 36.0 Å². The lowest BCUT2D eigenvalue weighted by molar-refractivity contribution is -0.147. The topological polar surface area (TPSA) is 94.9 Å². The summed E-state index contributed by atoms with van der Waals surface area (Å²) in [5, 5.41) is 18.9. The summed E-state index contributed by atoms with van der Waals surface area (Å²) < 4.78 is 26.6. The van der Waals surface area contributed by atoms with Gasteiger partial charge in [-0.3, -0.25) is 4.79 Å². The van der Waals surface area contributed by atoms with E-state index in [9.17, 15) is 18.3 Å². The van der Waals surface area contributed by atoms with Crippen molar-refractivity contribution in [3.05, 3.63) is 29.8 Å². The van der Waals surface area contributed by atoms with E-state index in [4.69, 9.17) is 5.11 Å². The van der Waals surface area contributed by atoms with Crippen LogP contribution in [0.25, 0.3) is 0 Å². The molecule has 24 heavy (non-hydrogen) atoms. The van der Waals surface area contributed by atoms with Crippen LogP contribution in [0.5, 0.6) is 0 Å². The number of carboxylic acids is 1. The van der Waals surface area contributed by atoms with E-state index in [0.717, 1.165) is 16.3 Å². The summed E-state index contributed by atoms with van der Waals surface area (Å²) >= 11 is 0. The van der Waals surface area contributed by atoms with Crippen LogP contribution in [-0.4, -0.2) is 48.1 Å². The fourth-order valence-corrected chi connectivity index (χ4v) is 4.31. The van der Waals surface area contributed by atoms with Crippen molar-refractivity contribution >= 4 is 16.0 Å². The van der Waals surface area contributed by atoms with Crippen molar-refractivity contribution in [2.24, 2.45) is 5.92 Å². The Bertz CT molecular complexity index is 696. The first kappa shape index (κ1) is 18.9. The molecule has 0 amide bonds. The van der Waals surface area contributed by atoms with E-state index in [2.05, 4.69) is 20.8 Å². The highest BCUT2D eigenvalue weighted by Crippen LogP contribution is 2.29. The summed E-state index contributed by atoms with van der Waals surface area (Å²) in [6.07, 6.45) is -0.144. The molecule has 7 heteroatoms. The molecule has 134 valence electrons. The van der Waals surface area contributed by atoms with Gasteiger partial charge in [-0.2, -0.15) is 4.31 Å². The smallest absolute Gasteiger partial charge is 0.309 e. The number of sulfonamides is 1. The van der Waals surface area contributed by atoms with E-state index in [1.54, 1.807) is 12.1 Å². The minimum absolute atomic E-state index is 0.0294. The lowest BCUT2D eigenvalue weighted by Crippen LogP contribution is -2.48. The molecule has 0 aromatic heterocycles. The standard InChI is InChI=1S/C17H25NO5S/c1-4-17(2,3)12-5-7-13(8-6-12)24(22,23)18-10-9-14(16(20)21)15(19)11-18/h5-8,14-15,19H,4,9-11H2,1-3H3,(H,20,21)/t14-,15+/m0/s1. The van der Waals surface area contributed by atoms with E-state index in [-0.39, 0.29) is 29.8 Å². The number of carbonyl (C=O) groups is 1. The highest BCUT2D eigenvalue weighted by Gasteiger charge is 2.38. The number of aliphatic carboxylic acids is 1. The summed E-state index contributed by atoms with van der Waals surface area (Å²) in [4.78, 5) is 11.2. The van der Waals surface area contributed by atoms with Gasteiger partial charge in [-0.15, -0.1) is 0 Å². The van der Waals surface area contributed by atoms with Crippen LogP contribution in [0.15, 0.2) is 29.2 Å². The molecular formula is C17H25NO5S. The normalized spacial score (nSPS) is 23.2. The number of carboxylic acid groups (broad SMARTS) is 1. The third kappa shape index (κ3) is 3.63. The van der Waals surface area contributed by atoms with Crippen LogP contribution in [0.1, 0.15) is 39.2 Å². The van der Waals surface area contributed by atoms with Crippen molar-refractivity contribution in [3.63, 3.8) is 0 Å². The van der Waals surface area contributed by atoms with Gasteiger partial charge in [0.2, 0.25) is 10.0 Å². The minimum Gasteiger partial charge on any atom is -0.481 e. The van der Waals surface area contributed by atoms with Gasteiger partial charge in [0.05, 0.1) is 16.9 Å². The Balaban J connectivity index is 2.21. The molecule has 2 rings (SSSR count). The summed E-state index contributed by atoms with van der Waals surface area (Å²) in [6, 6.07) is 6.79. The lowest BCUT2D eigenvalue weighted by atomic mass is 9.82. The second-order valence-electron chi connectivity index (χ2n) is 6.93. The van der Waals surface area contributed by atoms with Crippen LogP contribution in [0.2, 0.25) is 0 Å². The van der Waals surface area contributed by atoms with Crippen molar-refractivity contribution in [3.8, 4) is 0 Å². The van der Waals surface area contributed by atoms with Gasteiger partial charge >= 0.3 is 5.97 Å². The summed E-state index contributed by atoms with van der Waals surface area (Å²) in [6.45, 7) is 6.19. The number of aliphatic hydroxyl groups excluding tert-OH is 1. The molecular weight excluding hydrogens is 330 g/mol. The molecule has 0 bridgehead atoms. The molecule has 0 saturated carbocycles. The number of piperidine rings is 1. The fraction of sp³-hybridized carbons (Fsp3) is 0.588. The second-order valence-corrected chi connectivity index (χ2v) is 8.86. The van der Waals surface area contributed by atoms with Gasteiger partial charge < -0.3 is 10.2 Å². The summed E-state index contributed by atoms with van der Waals surface area (Å²) in [5.41, 5.74) is 1.03. The molecule has 1 saturated heterocycles. The van der Waals surface area contributed by atoms with Crippen molar-refractivity contribution in [2.75, 3.05) is 13.1 Å². The average Bonchev–Trinajstić information content (AvgIpc) is 2.54. The quantitative estimate of drug-likeness (QED) is 0.840. The van der Waals surface area contributed by atoms with E-state index in [1.807, 2.05) is 12.1 Å². The van der Waals surface area contributed by atoms with Gasteiger partial charge in [-0.25, -0.2) is 8.42 Å². The summed E-state index contributed by atoms with van der Waals surface area (Å²) in [7, 11) is -3.73. The van der Waals surface area contributed by atoms with E-state index in [1.165, 1.54) is 0 Å². The molecule has 2 N–H and O–H groups in total. The Hall–Kier alpha value is -1.44. The Kier molecular flexibility index (Phi) is 5.37. The first-order valence-corrected chi connectivity index (χ1v) is 9.55. The highest BCUT2D eigenvalue weighted by molar-refractivity contribution is 7.89. The van der Waals surface area contributed by atoms with Gasteiger partial charge in [0, 0.05) is 13.1 Å². The van der Waals surface area contributed by atoms with Crippen LogP contribution in [0.4, 0.5) is 0 Å². The Morgan fingerprint density at radius 3 is 2.33 bits per heavy atom. The molecule has 0 radical (unpaired) electrons. The molecule has 1 heterocycles. The highest BCUT2D eigenvalue weighted by atomic mass is 32.2. The zero-order chi connectivity index (χ0) is 18.1. The lowest BCUT2D eigenvalue weighted by Gasteiger charge is -2.33. The number of β-amino-alcohol motifs (C(OH)–C–C–N with tert-alkyl or cyclic N) is 1. The van der Waals surface area contributed by atoms with Gasteiger partial charge in [0.15, 0.2) is 0 Å². The van der Waals surface area contributed by atoms with Crippen molar-refractivity contribution in [1.29, 1.82) is 0 Å². The van der Waals surface area contributed by atoms with Crippen LogP contribution in [0.3, 0.4) is 0 Å². The second kappa shape index (κ2) is 6.82. The molecule has 1 fully saturated rings. The molecule has 2 atom stereocenters. The molecule has 1 aliphatic heterocycles. The number of benzene rings is 1. The molecule has 1 aromatic rings. The van der Waals surface area contributed by atoms with Crippen LogP contribution < -0.4 is 0 Å². The minimum atomic E-state index is -3.73. The third-order valence-corrected chi connectivity index (χ3v) is 6.90. The zero-order valence-corrected chi connectivity index (χ0v) is 15.1. The number of nitrogens with zero attached hydrogens (tertiary/aromatic N) is 1. The van der Waals surface area contributed by atoms with E-state index >= 15 is 0 Å². The van der Waals surface area contributed by atoms with Crippen molar-refractivity contribution < 1.29 is 23.4 Å². The molecule has 0 unspecified atom stereocenters. The number of hydrogen-bond donors (Lipinski definition) is 2. The largest absolute Gasteiger partial charge is 0.481 e. The maximum Gasteiger partial charge on any atom is 0.309 e. The summed E-state index contributed by atoms with van der Waals surface area (Å²) in [5.74, 6) is -2.00.